The molecule has 21 heteroatoms. The van der Waals surface area contributed by atoms with Crippen LogP contribution < -0.4 is 21.2 Å². The molecule has 0 aliphatic rings. The number of aliphatic hydroxyl groups excluding tert-OH is 2. The molecule has 2 N–H and O–H groups in total. The Morgan fingerprint density at radius 1 is 0.600 bits per heavy atom. The summed E-state index contributed by atoms with van der Waals surface area (Å²) in [7, 11) is 0. The Kier molecular flexibility index (Phi) is 61.1. The Morgan fingerprint density at radius 3 is 1.26 bits per heavy atom. The molecule has 5 aromatic rings. The monoisotopic (exact) mass is 1470 g/mol. The van der Waals surface area contributed by atoms with Crippen molar-refractivity contribution in [2.75, 3.05) is 66.4 Å². The van der Waals surface area contributed by atoms with Crippen molar-refractivity contribution < 1.29 is 105 Å². The van der Waals surface area contributed by atoms with Gasteiger partial charge in [-0.15, -0.1) is 6.58 Å². The third-order valence-electron chi connectivity index (χ3n) is 8.44. The van der Waals surface area contributed by atoms with E-state index >= 15 is 0 Å². The number of carbonyl (C=O) groups excluding carboxylic acids is 3. The molecule has 0 fully saturated rings. The van der Waals surface area contributed by atoms with E-state index in [0.29, 0.717) is 59.1 Å². The molecule has 80 heavy (non-hydrogen) atoms. The zero-order chi connectivity index (χ0) is 60.2. The molecule has 0 aliphatic carbocycles. The minimum absolute atomic E-state index is 0.0375. The predicted octanol–water partition coefficient (Wildman–Crippen LogP) is 11.3. The molecule has 0 aliphatic heterocycles. The second-order valence-electron chi connectivity index (χ2n) is 15.0. The minimum Gasteiger partial charge on any atom is -0.396 e. The summed E-state index contributed by atoms with van der Waals surface area (Å²) in [5.74, 6) is -5.14. The van der Waals surface area contributed by atoms with Crippen LogP contribution in [0.25, 0.3) is 0 Å². The fourth-order valence-corrected chi connectivity index (χ4v) is 5.73. The second-order valence-corrected chi connectivity index (χ2v) is 22.8. The molecule has 450 valence electrons. The molecular weight excluding hydrogens is 1400 g/mol. The molecule has 0 unspecified atom stereocenters. The van der Waals surface area contributed by atoms with Crippen LogP contribution in [0, 0.1) is 0 Å². The number of alkyl halides is 9. The average molecular weight is 1470 g/mol. The van der Waals surface area contributed by atoms with Gasteiger partial charge in [0.1, 0.15) is 19.6 Å². The van der Waals surface area contributed by atoms with Crippen LogP contribution in [0.1, 0.15) is 67.9 Å². The second kappa shape index (κ2) is 61.0. The van der Waals surface area contributed by atoms with Crippen molar-refractivity contribution in [3.05, 3.63) is 192 Å². The first-order valence-corrected chi connectivity index (χ1v) is 29.8. The summed E-state index contributed by atoms with van der Waals surface area (Å²) in [4.78, 5) is 31.0. The van der Waals surface area contributed by atoms with Gasteiger partial charge in [-0.05, 0) is 47.6 Å². The van der Waals surface area contributed by atoms with Crippen molar-refractivity contribution in [2.45, 2.75) is 85.4 Å². The van der Waals surface area contributed by atoms with Crippen LogP contribution in [-0.2, 0) is 75.8 Å². The van der Waals surface area contributed by atoms with E-state index in [2.05, 4.69) is 68.2 Å². The van der Waals surface area contributed by atoms with Crippen LogP contribution in [0.5, 0.6) is 0 Å². The van der Waals surface area contributed by atoms with Crippen molar-refractivity contribution >= 4 is 61.4 Å². The van der Waals surface area contributed by atoms with Gasteiger partial charge in [0.2, 0.25) is 0 Å². The number of hydrogen-bond donors (Lipinski definition) is 2. The van der Waals surface area contributed by atoms with Crippen molar-refractivity contribution in [1.29, 1.82) is 0 Å². The standard InChI is InChI=1S/C12H14F2O3.C10H14O2.C10H12O2.C10H12O.C9H11FO.C4H6F2IO2.C3H6I2.CH3FO/c1-2-17-11(15)12(13,14)9-16-8-10-6-4-3-5-7-10;2*11-7-4-8-12-9-10-5-2-1-3-6-10;1-2-8-11-9-10-6-4-3-5-7-10;10-6-7-11-8-9-4-2-1-3-5-9;1-2-9-4(8)7-3(5)6;1-2-3(4)5;2-1-3/h3-7H,2,8-9H2,1H3;1-3,5-6,11H,4,7-9H2;1-3,5-7H,4,8-9H2;2-7H,1,8-9H2;1-5H,6-8H2;3H,2H2,1H3;3H,2H2,1H3;3H,1H2/q;;;;;-1;;. The summed E-state index contributed by atoms with van der Waals surface area (Å²) in [6, 6.07) is 48.6. The molecule has 5 aromatic carbocycles. The predicted molar refractivity (Wildman–Crippen MR) is 314 cm³/mol. The number of ether oxygens (including phenoxy) is 7. The fourth-order valence-electron chi connectivity index (χ4n) is 4.86. The maximum absolute atomic E-state index is 13.1. The number of rotatable bonds is 28. The first kappa shape index (κ1) is 80.2. The summed E-state index contributed by atoms with van der Waals surface area (Å²) in [6.45, 7) is 10.9. The fraction of sp³-hybridized carbons (Fsp3) is 0.407. The van der Waals surface area contributed by atoms with E-state index in [1.54, 1.807) is 37.3 Å². The zero-order valence-corrected chi connectivity index (χ0v) is 52.0. The van der Waals surface area contributed by atoms with E-state index in [1.165, 1.54) is 24.5 Å². The Hall–Kier alpha value is -4.06. The van der Waals surface area contributed by atoms with Crippen LogP contribution in [0.2, 0.25) is 0 Å². The Bertz CT molecular complexity index is 2100. The van der Waals surface area contributed by atoms with Gasteiger partial charge in [0.05, 0.1) is 61.4 Å². The van der Waals surface area contributed by atoms with Crippen LogP contribution in [0.3, 0.4) is 0 Å². The van der Waals surface area contributed by atoms with Crippen molar-refractivity contribution in [3.63, 3.8) is 0 Å². The van der Waals surface area contributed by atoms with Gasteiger partial charge in [0.25, 0.3) is 0 Å². The molecule has 0 heterocycles. The van der Waals surface area contributed by atoms with Gasteiger partial charge in [0, 0.05) is 19.6 Å². The van der Waals surface area contributed by atoms with E-state index in [9.17, 15) is 40.7 Å². The summed E-state index contributed by atoms with van der Waals surface area (Å²) < 4.78 is 102. The quantitative estimate of drug-likeness (QED) is 0.00715. The van der Waals surface area contributed by atoms with Crippen LogP contribution in [0.15, 0.2) is 164 Å². The molecule has 0 aromatic heterocycles. The third-order valence-corrected chi connectivity index (χ3v) is 11.5. The van der Waals surface area contributed by atoms with Crippen molar-refractivity contribution in [1.82, 2.24) is 0 Å². The first-order chi connectivity index (χ1) is 38.6. The number of hydrogen-bond acceptors (Lipinski definition) is 12. The van der Waals surface area contributed by atoms with Crippen LogP contribution >= 0.6 is 45.2 Å². The van der Waals surface area contributed by atoms with Gasteiger partial charge in [-0.1, -0.05) is 210 Å². The summed E-state index contributed by atoms with van der Waals surface area (Å²) in [6.07, 6.45) is 5.09. The van der Waals surface area contributed by atoms with Crippen LogP contribution in [-0.4, -0.2) is 105 Å². The van der Waals surface area contributed by atoms with E-state index in [4.69, 9.17) is 33.9 Å². The summed E-state index contributed by atoms with van der Waals surface area (Å²) in [5.41, 5.74) is 5.38. The van der Waals surface area contributed by atoms with Gasteiger partial charge in [0.15, 0.2) is 6.86 Å². The molecule has 0 amide bonds. The van der Waals surface area contributed by atoms with Gasteiger partial charge in [-0.25, -0.2) is 13.6 Å². The number of aldehydes is 1. The Balaban J connectivity index is -0.000000873. The molecule has 0 spiro atoms. The molecule has 0 radical (unpaired) electrons. The maximum Gasteiger partial charge on any atom is 0.185 e. The topological polar surface area (TPSA) is 156 Å². The Labute approximate surface area is 506 Å². The SMILES string of the molecule is C=CCOCc1ccccc1.CCC(I)I.CCOC(=O)C(F)(F)COCc1ccccc1.CCOC(=O)[I-]C(F)F.FCCOCc1ccccc1.O=CCCOCc1ccccc1.OCCCOCc1ccccc1.OCF. The average Bonchev–Trinajstić information content (AvgIpc) is 3.46. The zero-order valence-electron chi connectivity index (χ0n) is 45.6. The Morgan fingerprint density at radius 2 is 0.950 bits per heavy atom. The number of carbonyl (C=O) groups is 3. The van der Waals surface area contributed by atoms with E-state index in [-0.39, 0.29) is 33.0 Å². The largest absolute Gasteiger partial charge is 0.396 e. The molecular formula is C59H78F6I3O12-. The van der Waals surface area contributed by atoms with E-state index in [1.807, 2.05) is 127 Å². The van der Waals surface area contributed by atoms with Crippen molar-refractivity contribution in [2.24, 2.45) is 0 Å². The molecule has 0 bridgehead atoms. The molecule has 12 nitrogen and oxygen atoms in total. The van der Waals surface area contributed by atoms with Crippen LogP contribution in [0.4, 0.5) is 31.1 Å². The van der Waals surface area contributed by atoms with Gasteiger partial charge >= 0.3 is 73.3 Å². The molecule has 0 saturated carbocycles. The normalized spacial score (nSPS) is 9.99. The molecule has 0 atom stereocenters. The smallest absolute Gasteiger partial charge is 0.185 e. The number of aliphatic hydroxyl groups is 2. The van der Waals surface area contributed by atoms with Gasteiger partial charge in [-0.2, -0.15) is 8.78 Å². The number of halogens is 9. The molecule has 5 rings (SSSR count). The van der Waals surface area contributed by atoms with Crippen molar-refractivity contribution in [3.8, 4) is 0 Å². The van der Waals surface area contributed by atoms with E-state index < -0.39 is 61.6 Å². The summed E-state index contributed by atoms with van der Waals surface area (Å²) in [5, 5.41) is 15.4. The third kappa shape index (κ3) is 57.2. The van der Waals surface area contributed by atoms with E-state index in [0.717, 1.165) is 24.9 Å². The molecule has 0 saturated heterocycles. The van der Waals surface area contributed by atoms with Gasteiger partial charge in [-0.3, -0.25) is 0 Å². The number of esters is 1. The minimum atomic E-state index is -3.59. The maximum atomic E-state index is 13.1. The first-order valence-electron chi connectivity index (χ1n) is 25.0. The number of benzene rings is 5. The van der Waals surface area contributed by atoms with Gasteiger partial charge < -0.3 is 43.4 Å². The summed E-state index contributed by atoms with van der Waals surface area (Å²) >= 11 is 3.09.